The van der Waals surface area contributed by atoms with E-state index in [2.05, 4.69) is 10.6 Å². The molecule has 0 aromatic heterocycles. The number of nitrogens with zero attached hydrogens (tertiary/aromatic N) is 1. The Kier molecular flexibility index (Phi) is 8.29. The lowest BCUT2D eigenvalue weighted by molar-refractivity contribution is -0.143. The average molecular weight is 414 g/mol. The Labute approximate surface area is 179 Å². The van der Waals surface area contributed by atoms with Crippen molar-refractivity contribution in [1.82, 2.24) is 10.2 Å². The first-order chi connectivity index (χ1) is 14.5. The van der Waals surface area contributed by atoms with Crippen molar-refractivity contribution in [3.8, 4) is 0 Å². The third-order valence-corrected chi connectivity index (χ3v) is 6.31. The summed E-state index contributed by atoms with van der Waals surface area (Å²) in [5.74, 6) is -0.333. The van der Waals surface area contributed by atoms with Crippen LogP contribution in [0.25, 0.3) is 0 Å². The summed E-state index contributed by atoms with van der Waals surface area (Å²) in [6, 6.07) is 7.69. The predicted octanol–water partition coefficient (Wildman–Crippen LogP) is 3.79. The van der Waals surface area contributed by atoms with Crippen LogP contribution in [0.5, 0.6) is 0 Å². The SMILES string of the molecule is Cc1cccc(NC(=O)CNC(=O)CN(C(=O)C2CCCCC2)C2CCCCC2)c1. The van der Waals surface area contributed by atoms with Crippen molar-refractivity contribution in [2.75, 3.05) is 18.4 Å². The monoisotopic (exact) mass is 413 g/mol. The maximum Gasteiger partial charge on any atom is 0.243 e. The number of carbonyl (C=O) groups excluding carboxylic acids is 3. The molecule has 0 unspecified atom stereocenters. The summed E-state index contributed by atoms with van der Waals surface area (Å²) < 4.78 is 0. The van der Waals surface area contributed by atoms with Gasteiger partial charge in [0.15, 0.2) is 0 Å². The van der Waals surface area contributed by atoms with Gasteiger partial charge in [0.25, 0.3) is 0 Å². The van der Waals surface area contributed by atoms with Gasteiger partial charge in [-0.3, -0.25) is 14.4 Å². The highest BCUT2D eigenvalue weighted by molar-refractivity contribution is 5.95. The van der Waals surface area contributed by atoms with E-state index in [1.807, 2.05) is 36.1 Å². The Bertz CT molecular complexity index is 737. The molecule has 0 radical (unpaired) electrons. The summed E-state index contributed by atoms with van der Waals surface area (Å²) >= 11 is 0. The van der Waals surface area contributed by atoms with E-state index >= 15 is 0 Å². The zero-order chi connectivity index (χ0) is 21.3. The number of carbonyl (C=O) groups is 3. The van der Waals surface area contributed by atoms with Crippen LogP contribution < -0.4 is 10.6 Å². The van der Waals surface area contributed by atoms with Gasteiger partial charge >= 0.3 is 0 Å². The minimum absolute atomic E-state index is 0.0533. The van der Waals surface area contributed by atoms with Crippen LogP contribution >= 0.6 is 0 Å². The molecule has 0 atom stereocenters. The van der Waals surface area contributed by atoms with Gasteiger partial charge in [-0.15, -0.1) is 0 Å². The van der Waals surface area contributed by atoms with Crippen LogP contribution in [0.15, 0.2) is 24.3 Å². The summed E-state index contributed by atoms with van der Waals surface area (Å²) in [6.07, 6.45) is 10.6. The molecule has 6 nitrogen and oxygen atoms in total. The van der Waals surface area contributed by atoms with Gasteiger partial charge in [0.2, 0.25) is 17.7 Å². The number of aryl methyl sites for hydroxylation is 1. The van der Waals surface area contributed by atoms with Crippen molar-refractivity contribution in [3.05, 3.63) is 29.8 Å². The van der Waals surface area contributed by atoms with Crippen molar-refractivity contribution in [2.45, 2.75) is 77.2 Å². The molecule has 2 aliphatic carbocycles. The summed E-state index contributed by atoms with van der Waals surface area (Å²) in [5.41, 5.74) is 1.77. The molecule has 3 rings (SSSR count). The Balaban J connectivity index is 1.54. The summed E-state index contributed by atoms with van der Waals surface area (Å²) in [7, 11) is 0. The van der Waals surface area contributed by atoms with Crippen LogP contribution in [0.1, 0.15) is 69.8 Å². The largest absolute Gasteiger partial charge is 0.345 e. The molecule has 6 heteroatoms. The molecule has 0 heterocycles. The first-order valence-corrected chi connectivity index (χ1v) is 11.5. The Morgan fingerprint density at radius 2 is 1.60 bits per heavy atom. The normalized spacial score (nSPS) is 17.9. The number of nitrogens with one attached hydrogen (secondary N) is 2. The van der Waals surface area contributed by atoms with Gasteiger partial charge < -0.3 is 15.5 Å². The topological polar surface area (TPSA) is 78.5 Å². The molecule has 3 amide bonds. The molecule has 2 aliphatic rings. The second-order valence-electron chi connectivity index (χ2n) is 8.79. The smallest absolute Gasteiger partial charge is 0.243 e. The summed E-state index contributed by atoms with van der Waals surface area (Å²) in [4.78, 5) is 39.8. The van der Waals surface area contributed by atoms with Gasteiger partial charge in [-0.1, -0.05) is 50.7 Å². The first kappa shape index (κ1) is 22.3. The molecule has 2 saturated carbocycles. The van der Waals surface area contributed by atoms with E-state index in [1.165, 1.54) is 12.8 Å². The van der Waals surface area contributed by atoms with Gasteiger partial charge in [0.05, 0.1) is 13.1 Å². The second kappa shape index (κ2) is 11.1. The van der Waals surface area contributed by atoms with E-state index in [9.17, 15) is 14.4 Å². The number of benzene rings is 1. The molecule has 164 valence electrons. The minimum Gasteiger partial charge on any atom is -0.345 e. The fourth-order valence-electron chi connectivity index (χ4n) is 4.68. The highest BCUT2D eigenvalue weighted by Crippen LogP contribution is 2.29. The molecule has 0 spiro atoms. The van der Waals surface area contributed by atoms with Crippen molar-refractivity contribution in [3.63, 3.8) is 0 Å². The zero-order valence-corrected chi connectivity index (χ0v) is 18.1. The first-order valence-electron chi connectivity index (χ1n) is 11.5. The van der Waals surface area contributed by atoms with Crippen molar-refractivity contribution in [1.29, 1.82) is 0 Å². The Morgan fingerprint density at radius 3 is 2.27 bits per heavy atom. The van der Waals surface area contributed by atoms with Crippen LogP contribution in [0.4, 0.5) is 5.69 Å². The molecule has 0 bridgehead atoms. The van der Waals surface area contributed by atoms with Crippen LogP contribution in [0, 0.1) is 12.8 Å². The molecule has 1 aromatic rings. The minimum atomic E-state index is -0.267. The lowest BCUT2D eigenvalue weighted by atomic mass is 9.86. The lowest BCUT2D eigenvalue weighted by Crippen LogP contribution is -2.50. The molecule has 30 heavy (non-hydrogen) atoms. The van der Waals surface area contributed by atoms with Crippen LogP contribution in [-0.2, 0) is 14.4 Å². The molecule has 2 fully saturated rings. The van der Waals surface area contributed by atoms with E-state index in [4.69, 9.17) is 0 Å². The Hall–Kier alpha value is -2.37. The average Bonchev–Trinajstić information content (AvgIpc) is 2.77. The van der Waals surface area contributed by atoms with Crippen LogP contribution in [0.3, 0.4) is 0 Å². The quantitative estimate of drug-likeness (QED) is 0.714. The van der Waals surface area contributed by atoms with E-state index in [-0.39, 0.29) is 42.8 Å². The van der Waals surface area contributed by atoms with E-state index in [0.29, 0.717) is 5.69 Å². The second-order valence-corrected chi connectivity index (χ2v) is 8.79. The highest BCUT2D eigenvalue weighted by atomic mass is 16.2. The fraction of sp³-hybridized carbons (Fsp3) is 0.625. The van der Waals surface area contributed by atoms with Crippen molar-refractivity contribution >= 4 is 23.4 Å². The number of hydrogen-bond acceptors (Lipinski definition) is 3. The number of amides is 3. The molecular weight excluding hydrogens is 378 g/mol. The van der Waals surface area contributed by atoms with E-state index in [1.54, 1.807) is 0 Å². The van der Waals surface area contributed by atoms with E-state index in [0.717, 1.165) is 56.9 Å². The summed E-state index contributed by atoms with van der Waals surface area (Å²) in [6.45, 7) is 1.92. The Morgan fingerprint density at radius 1 is 0.933 bits per heavy atom. The van der Waals surface area contributed by atoms with Crippen LogP contribution in [0.2, 0.25) is 0 Å². The van der Waals surface area contributed by atoms with Gasteiger partial charge in [-0.2, -0.15) is 0 Å². The molecule has 0 aliphatic heterocycles. The van der Waals surface area contributed by atoms with Gasteiger partial charge in [0.1, 0.15) is 0 Å². The van der Waals surface area contributed by atoms with Gasteiger partial charge in [-0.05, 0) is 50.3 Å². The van der Waals surface area contributed by atoms with E-state index < -0.39 is 0 Å². The van der Waals surface area contributed by atoms with Crippen LogP contribution in [-0.4, -0.2) is 41.8 Å². The number of rotatable bonds is 7. The highest BCUT2D eigenvalue weighted by Gasteiger charge is 2.32. The predicted molar refractivity (Wildman–Crippen MR) is 118 cm³/mol. The third kappa shape index (κ3) is 6.57. The molecule has 0 saturated heterocycles. The van der Waals surface area contributed by atoms with Crippen molar-refractivity contribution in [2.24, 2.45) is 5.92 Å². The standard InChI is InChI=1S/C24H35N3O3/c1-18-9-8-12-20(15-18)26-22(28)16-25-23(29)17-27(21-13-6-3-7-14-21)24(30)19-10-4-2-5-11-19/h8-9,12,15,19,21H,2-7,10-11,13-14,16-17H2,1H3,(H,25,29)(H,26,28). The lowest BCUT2D eigenvalue weighted by Gasteiger charge is -2.37. The molecule has 2 N–H and O–H groups in total. The van der Waals surface area contributed by atoms with Gasteiger partial charge in [0, 0.05) is 17.6 Å². The fourth-order valence-corrected chi connectivity index (χ4v) is 4.68. The number of hydrogen-bond donors (Lipinski definition) is 2. The zero-order valence-electron chi connectivity index (χ0n) is 18.1. The maximum atomic E-state index is 13.2. The molecular formula is C24H35N3O3. The summed E-state index contributed by atoms with van der Waals surface area (Å²) in [5, 5.41) is 5.49. The maximum absolute atomic E-state index is 13.2. The van der Waals surface area contributed by atoms with Crippen molar-refractivity contribution < 1.29 is 14.4 Å². The third-order valence-electron chi connectivity index (χ3n) is 6.31. The molecule has 1 aromatic carbocycles. The van der Waals surface area contributed by atoms with Gasteiger partial charge in [-0.25, -0.2) is 0 Å². The number of anilines is 1.